The molecule has 0 fully saturated rings. The highest BCUT2D eigenvalue weighted by Crippen LogP contribution is 2.40. The van der Waals surface area contributed by atoms with Crippen molar-refractivity contribution in [1.82, 2.24) is 20.6 Å². The molecule has 0 aliphatic heterocycles. The number of sulfone groups is 2. The molecule has 0 bridgehead atoms. The molecule has 0 aliphatic carbocycles. The number of amides is 1. The second kappa shape index (κ2) is 12.0. The van der Waals surface area contributed by atoms with Crippen molar-refractivity contribution < 1.29 is 26.4 Å². The Balaban J connectivity index is 1.75. The Kier molecular flexibility index (Phi) is 8.83. The van der Waals surface area contributed by atoms with Crippen LogP contribution in [0.2, 0.25) is 0 Å². The lowest BCUT2D eigenvalue weighted by Crippen LogP contribution is -2.17. The van der Waals surface area contributed by atoms with Gasteiger partial charge < -0.3 is 4.74 Å². The number of aromatic nitrogens is 4. The number of tetrazole rings is 1. The summed E-state index contributed by atoms with van der Waals surface area (Å²) in [6.07, 6.45) is 1.50. The third kappa shape index (κ3) is 7.02. The molecule has 1 aromatic heterocycles. The molecule has 1 atom stereocenters. The fourth-order valence-corrected chi connectivity index (χ4v) is 6.41. The maximum absolute atomic E-state index is 13.0. The van der Waals surface area contributed by atoms with Crippen LogP contribution in [-0.2, 0) is 19.7 Å². The third-order valence-electron chi connectivity index (χ3n) is 6.65. The quantitative estimate of drug-likeness (QED) is 0.256. The van der Waals surface area contributed by atoms with E-state index < -0.39 is 31.7 Å². The van der Waals surface area contributed by atoms with Crippen molar-refractivity contribution in [3.05, 3.63) is 77.4 Å². The molecule has 0 saturated carbocycles. The molecule has 1 unspecified atom stereocenters. The highest BCUT2D eigenvalue weighted by molar-refractivity contribution is 7.91. The lowest BCUT2D eigenvalue weighted by Gasteiger charge is -2.25. The fourth-order valence-electron chi connectivity index (χ4n) is 4.49. The standard InChI is InChI=1S/C29H33N5O6S2/c1-17(2)19-7-9-20(10-8-19)26-24(41(5,36)37)15-23(16-25(26)42(6,38)39)40-27(18(3)4)21-11-13-22(14-12-21)28(35)30-29-31-33-34-32-29/h7-18,27H,1-6H3,(H2,30,31,32,33,34,35). The molecule has 11 nitrogen and oxygen atoms in total. The topological polar surface area (TPSA) is 161 Å². The Hall–Kier alpha value is -4.10. The van der Waals surface area contributed by atoms with Crippen molar-refractivity contribution in [3.63, 3.8) is 0 Å². The summed E-state index contributed by atoms with van der Waals surface area (Å²) in [5, 5.41) is 15.4. The Morgan fingerprint density at radius 2 is 1.38 bits per heavy atom. The van der Waals surface area contributed by atoms with Gasteiger partial charge in [0.2, 0.25) is 5.95 Å². The first-order valence-electron chi connectivity index (χ1n) is 13.2. The van der Waals surface area contributed by atoms with Crippen LogP contribution < -0.4 is 10.1 Å². The van der Waals surface area contributed by atoms with E-state index in [4.69, 9.17) is 4.74 Å². The average molecular weight is 612 g/mol. The van der Waals surface area contributed by atoms with E-state index in [0.29, 0.717) is 16.7 Å². The summed E-state index contributed by atoms with van der Waals surface area (Å²) in [6, 6.07) is 16.6. The van der Waals surface area contributed by atoms with Crippen molar-refractivity contribution in [2.24, 2.45) is 5.92 Å². The zero-order chi connectivity index (χ0) is 30.8. The van der Waals surface area contributed by atoms with Crippen LogP contribution in [0.3, 0.4) is 0 Å². The summed E-state index contributed by atoms with van der Waals surface area (Å²) in [7, 11) is -7.75. The number of carbonyl (C=O) groups is 1. The number of nitrogens with zero attached hydrogens (tertiary/aromatic N) is 3. The maximum atomic E-state index is 13.0. The van der Waals surface area contributed by atoms with Crippen molar-refractivity contribution >= 4 is 31.5 Å². The van der Waals surface area contributed by atoms with Crippen LogP contribution in [0, 0.1) is 5.92 Å². The van der Waals surface area contributed by atoms with Gasteiger partial charge in [-0.3, -0.25) is 10.1 Å². The molecule has 0 spiro atoms. The Labute approximate surface area is 245 Å². The zero-order valence-electron chi connectivity index (χ0n) is 24.1. The summed E-state index contributed by atoms with van der Waals surface area (Å²) in [4.78, 5) is 12.2. The van der Waals surface area contributed by atoms with Gasteiger partial charge in [0, 0.05) is 23.6 Å². The van der Waals surface area contributed by atoms with Crippen LogP contribution in [0.4, 0.5) is 5.95 Å². The predicted molar refractivity (Wildman–Crippen MR) is 159 cm³/mol. The number of H-pyrrole nitrogens is 1. The molecule has 4 rings (SSSR count). The van der Waals surface area contributed by atoms with Crippen molar-refractivity contribution in [1.29, 1.82) is 0 Å². The number of carbonyl (C=O) groups excluding carboxylic acids is 1. The third-order valence-corrected chi connectivity index (χ3v) is 8.89. The minimum Gasteiger partial charge on any atom is -0.485 e. The predicted octanol–water partition coefficient (Wildman–Crippen LogP) is 4.83. The van der Waals surface area contributed by atoms with E-state index in [1.807, 2.05) is 39.8 Å². The molecule has 13 heteroatoms. The first kappa shape index (κ1) is 30.8. The number of ether oxygens (including phenoxy) is 1. The molecular weight excluding hydrogens is 578 g/mol. The summed E-state index contributed by atoms with van der Waals surface area (Å²) in [5.74, 6) is -0.0706. The summed E-state index contributed by atoms with van der Waals surface area (Å²) >= 11 is 0. The van der Waals surface area contributed by atoms with E-state index in [9.17, 15) is 21.6 Å². The van der Waals surface area contributed by atoms with Crippen LogP contribution >= 0.6 is 0 Å². The Bertz CT molecular complexity index is 1730. The minimum absolute atomic E-state index is 0.0942. The molecule has 222 valence electrons. The number of rotatable bonds is 10. The van der Waals surface area contributed by atoms with Gasteiger partial charge in [0.1, 0.15) is 11.9 Å². The molecule has 2 N–H and O–H groups in total. The first-order chi connectivity index (χ1) is 19.6. The lowest BCUT2D eigenvalue weighted by molar-refractivity contribution is 0.102. The smallest absolute Gasteiger partial charge is 0.258 e. The van der Waals surface area contributed by atoms with E-state index in [2.05, 4.69) is 25.9 Å². The molecule has 0 aliphatic rings. The van der Waals surface area contributed by atoms with Gasteiger partial charge in [-0.25, -0.2) is 21.9 Å². The van der Waals surface area contributed by atoms with E-state index in [-0.39, 0.29) is 38.9 Å². The van der Waals surface area contributed by atoms with Crippen LogP contribution in [0.25, 0.3) is 11.1 Å². The molecular formula is C29H33N5O6S2. The number of hydrogen-bond donors (Lipinski definition) is 2. The van der Waals surface area contributed by atoms with E-state index in [1.165, 1.54) is 12.1 Å². The van der Waals surface area contributed by atoms with Gasteiger partial charge in [-0.15, -0.1) is 0 Å². The van der Waals surface area contributed by atoms with E-state index in [0.717, 1.165) is 18.1 Å². The first-order valence-corrected chi connectivity index (χ1v) is 16.9. The van der Waals surface area contributed by atoms with Gasteiger partial charge in [0.15, 0.2) is 19.7 Å². The minimum atomic E-state index is -3.88. The SMILES string of the molecule is CC(C)c1ccc(-c2c(S(C)(=O)=O)cc(OC(c3ccc(C(=O)Nc4nnn[nH]4)cc3)C(C)C)cc2S(C)(=O)=O)cc1. The number of nitrogens with one attached hydrogen (secondary N) is 2. The molecule has 42 heavy (non-hydrogen) atoms. The largest absolute Gasteiger partial charge is 0.485 e. The number of hydrogen-bond acceptors (Lipinski definition) is 9. The Morgan fingerprint density at radius 3 is 1.83 bits per heavy atom. The lowest BCUT2D eigenvalue weighted by atomic mass is 9.97. The number of benzene rings is 3. The van der Waals surface area contributed by atoms with Gasteiger partial charge in [0.25, 0.3) is 5.91 Å². The van der Waals surface area contributed by atoms with Crippen LogP contribution in [0.15, 0.2) is 70.5 Å². The number of anilines is 1. The van der Waals surface area contributed by atoms with Crippen LogP contribution in [-0.4, -0.2) is 55.9 Å². The second-order valence-electron chi connectivity index (χ2n) is 10.7. The molecule has 4 aromatic rings. The van der Waals surface area contributed by atoms with Crippen molar-refractivity contribution in [3.8, 4) is 16.9 Å². The molecule has 1 amide bonds. The average Bonchev–Trinajstić information content (AvgIpc) is 3.43. The summed E-state index contributed by atoms with van der Waals surface area (Å²) < 4.78 is 58.4. The fraction of sp³-hybridized carbons (Fsp3) is 0.310. The normalized spacial score (nSPS) is 12.9. The van der Waals surface area contributed by atoms with Gasteiger partial charge in [-0.2, -0.15) is 0 Å². The van der Waals surface area contributed by atoms with Crippen molar-refractivity contribution in [2.75, 3.05) is 17.8 Å². The maximum Gasteiger partial charge on any atom is 0.258 e. The van der Waals surface area contributed by atoms with Crippen molar-refractivity contribution in [2.45, 2.75) is 49.5 Å². The van der Waals surface area contributed by atoms with Gasteiger partial charge in [0.05, 0.1) is 9.79 Å². The molecule has 0 radical (unpaired) electrons. The number of aromatic amines is 1. The van der Waals surface area contributed by atoms with Gasteiger partial charge in [-0.05, 0) is 63.2 Å². The van der Waals surface area contributed by atoms with Gasteiger partial charge >= 0.3 is 0 Å². The molecule has 3 aromatic carbocycles. The second-order valence-corrected chi connectivity index (χ2v) is 14.7. The summed E-state index contributed by atoms with van der Waals surface area (Å²) in [6.45, 7) is 7.91. The zero-order valence-corrected chi connectivity index (χ0v) is 25.7. The van der Waals surface area contributed by atoms with Crippen LogP contribution in [0.1, 0.15) is 61.2 Å². The highest BCUT2D eigenvalue weighted by atomic mass is 32.2. The Morgan fingerprint density at radius 1 is 0.833 bits per heavy atom. The summed E-state index contributed by atoms with van der Waals surface area (Å²) in [5.41, 5.74) is 2.68. The van der Waals surface area contributed by atoms with Crippen LogP contribution in [0.5, 0.6) is 5.75 Å². The monoisotopic (exact) mass is 611 g/mol. The highest BCUT2D eigenvalue weighted by Gasteiger charge is 2.27. The molecule has 0 saturated heterocycles. The van der Waals surface area contributed by atoms with Gasteiger partial charge in [-0.1, -0.05) is 69.2 Å². The molecule has 1 heterocycles. The van der Waals surface area contributed by atoms with E-state index in [1.54, 1.807) is 36.4 Å². The van der Waals surface area contributed by atoms with E-state index >= 15 is 0 Å².